The number of rotatable bonds is 7. The van der Waals surface area contributed by atoms with Crippen LogP contribution in [0.5, 0.6) is 0 Å². The molecule has 1 atom stereocenters. The Bertz CT molecular complexity index is 489. The van der Waals surface area contributed by atoms with Crippen molar-refractivity contribution in [3.63, 3.8) is 0 Å². The third-order valence-electron chi connectivity index (χ3n) is 2.59. The molecule has 4 N–H and O–H groups in total. The van der Waals surface area contributed by atoms with E-state index in [-0.39, 0.29) is 19.4 Å². The molecule has 1 rings (SSSR count). The zero-order valence-corrected chi connectivity index (χ0v) is 11.5. The maximum absolute atomic E-state index is 11.5. The molecule has 0 heterocycles. The zero-order valence-electron chi connectivity index (χ0n) is 11.5. The number of hydrogen-bond acceptors (Lipinski definition) is 7. The van der Waals surface area contributed by atoms with Crippen molar-refractivity contribution >= 4 is 17.9 Å². The highest BCUT2D eigenvalue weighted by Crippen LogP contribution is 2.04. The van der Waals surface area contributed by atoms with Gasteiger partial charge >= 0.3 is 17.9 Å². The molecule has 0 aromatic heterocycles. The maximum atomic E-state index is 11.5. The Morgan fingerprint density at radius 2 is 1.76 bits per heavy atom. The molecule has 0 aliphatic carbocycles. The topological polar surface area (TPSA) is 122 Å². The van der Waals surface area contributed by atoms with Crippen LogP contribution in [0.25, 0.3) is 0 Å². The normalized spacial score (nSPS) is 11.5. The van der Waals surface area contributed by atoms with Crippen molar-refractivity contribution in [3.05, 3.63) is 35.9 Å². The second kappa shape index (κ2) is 8.83. The number of nitrogens with two attached hydrogens (primary N) is 2. The lowest BCUT2D eigenvalue weighted by molar-refractivity contribution is -0.159. The fourth-order valence-corrected chi connectivity index (χ4v) is 1.43. The van der Waals surface area contributed by atoms with Gasteiger partial charge in [0.15, 0.2) is 0 Å². The molecule has 7 heteroatoms. The first-order chi connectivity index (χ1) is 10.0. The van der Waals surface area contributed by atoms with Crippen LogP contribution < -0.4 is 11.5 Å². The predicted octanol–water partition coefficient (Wildman–Crippen LogP) is -0.134. The average molecular weight is 294 g/mol. The molecule has 0 fully saturated rings. The first-order valence-corrected chi connectivity index (χ1v) is 6.42. The number of ether oxygens (including phenoxy) is 2. The van der Waals surface area contributed by atoms with Gasteiger partial charge in [-0.05, 0) is 12.0 Å². The number of carbonyl (C=O) groups is 3. The summed E-state index contributed by atoms with van der Waals surface area (Å²) in [6.45, 7) is -0.247. The largest absolute Gasteiger partial charge is 0.461 e. The van der Waals surface area contributed by atoms with Crippen LogP contribution in [0.15, 0.2) is 30.3 Å². The number of esters is 3. The number of benzene rings is 1. The molecule has 0 unspecified atom stereocenters. The molecule has 0 bridgehead atoms. The molecule has 114 valence electrons. The Kier molecular flexibility index (Phi) is 7.06. The van der Waals surface area contributed by atoms with Crippen molar-refractivity contribution in [2.24, 2.45) is 11.5 Å². The first kappa shape index (κ1) is 16.8. The van der Waals surface area contributed by atoms with Crippen molar-refractivity contribution in [2.45, 2.75) is 25.5 Å². The maximum Gasteiger partial charge on any atom is 0.330 e. The van der Waals surface area contributed by atoms with Gasteiger partial charge in [-0.3, -0.25) is 9.59 Å². The average Bonchev–Trinajstić information content (AvgIpc) is 2.51. The standard InChI is InChI=1S/C14H18N2O5/c15-8-13(18)21-14(19)11(16)6-7-12(17)20-9-10-4-2-1-3-5-10/h1-5,11H,6-9,15-16H2/t11-/m0/s1. The minimum atomic E-state index is -1.07. The fraction of sp³-hybridized carbons (Fsp3) is 0.357. The molecule has 0 saturated carbocycles. The molecule has 0 radical (unpaired) electrons. The van der Waals surface area contributed by atoms with Gasteiger partial charge < -0.3 is 20.9 Å². The van der Waals surface area contributed by atoms with E-state index in [0.29, 0.717) is 0 Å². The fourth-order valence-electron chi connectivity index (χ4n) is 1.43. The van der Waals surface area contributed by atoms with Crippen LogP contribution in [-0.2, 0) is 30.5 Å². The molecule has 0 aliphatic rings. The van der Waals surface area contributed by atoms with E-state index in [9.17, 15) is 14.4 Å². The molecule has 1 aromatic carbocycles. The Hall–Kier alpha value is -2.25. The van der Waals surface area contributed by atoms with Gasteiger partial charge in [0.1, 0.15) is 12.6 Å². The lowest BCUT2D eigenvalue weighted by Crippen LogP contribution is -2.35. The van der Waals surface area contributed by atoms with Crippen molar-refractivity contribution in [1.82, 2.24) is 0 Å². The molecule has 0 spiro atoms. The lowest BCUT2D eigenvalue weighted by Gasteiger charge is -2.09. The smallest absolute Gasteiger partial charge is 0.330 e. The van der Waals surface area contributed by atoms with E-state index in [1.807, 2.05) is 30.3 Å². The minimum Gasteiger partial charge on any atom is -0.461 e. The summed E-state index contributed by atoms with van der Waals surface area (Å²) < 4.78 is 9.37. The van der Waals surface area contributed by atoms with Crippen LogP contribution in [0, 0.1) is 0 Å². The Balaban J connectivity index is 2.26. The summed E-state index contributed by atoms with van der Waals surface area (Å²) in [5, 5.41) is 0. The number of carbonyl (C=O) groups excluding carboxylic acids is 3. The Morgan fingerprint density at radius 1 is 1.10 bits per heavy atom. The Labute approximate surface area is 122 Å². The van der Waals surface area contributed by atoms with E-state index in [2.05, 4.69) is 4.74 Å². The van der Waals surface area contributed by atoms with E-state index in [4.69, 9.17) is 16.2 Å². The molecule has 7 nitrogen and oxygen atoms in total. The molecular weight excluding hydrogens is 276 g/mol. The minimum absolute atomic E-state index is 0.0321. The van der Waals surface area contributed by atoms with Crippen LogP contribution in [0.3, 0.4) is 0 Å². The monoisotopic (exact) mass is 294 g/mol. The van der Waals surface area contributed by atoms with E-state index in [1.165, 1.54) is 0 Å². The first-order valence-electron chi connectivity index (χ1n) is 6.42. The summed E-state index contributed by atoms with van der Waals surface area (Å²) >= 11 is 0. The van der Waals surface area contributed by atoms with Gasteiger partial charge in [-0.2, -0.15) is 0 Å². The van der Waals surface area contributed by atoms with E-state index in [1.54, 1.807) is 0 Å². The van der Waals surface area contributed by atoms with Crippen LogP contribution in [0.1, 0.15) is 18.4 Å². The second-order valence-electron chi connectivity index (χ2n) is 4.29. The van der Waals surface area contributed by atoms with E-state index in [0.717, 1.165) is 5.56 Å². The van der Waals surface area contributed by atoms with Crippen LogP contribution in [0.4, 0.5) is 0 Å². The molecular formula is C14H18N2O5. The summed E-state index contributed by atoms with van der Waals surface area (Å²) in [5.41, 5.74) is 11.4. The SMILES string of the molecule is NCC(=O)OC(=O)[C@@H](N)CCC(=O)OCc1ccccc1. The zero-order chi connectivity index (χ0) is 15.7. The highest BCUT2D eigenvalue weighted by atomic mass is 16.6. The van der Waals surface area contributed by atoms with Crippen molar-refractivity contribution in [3.8, 4) is 0 Å². The van der Waals surface area contributed by atoms with Gasteiger partial charge in [0.05, 0.1) is 6.54 Å². The Morgan fingerprint density at radius 3 is 2.38 bits per heavy atom. The lowest BCUT2D eigenvalue weighted by atomic mass is 10.2. The van der Waals surface area contributed by atoms with Crippen molar-refractivity contribution in [2.75, 3.05) is 6.54 Å². The van der Waals surface area contributed by atoms with Gasteiger partial charge in [-0.1, -0.05) is 30.3 Å². The second-order valence-corrected chi connectivity index (χ2v) is 4.29. The van der Waals surface area contributed by atoms with Crippen LogP contribution >= 0.6 is 0 Å². The molecule has 1 aromatic rings. The highest BCUT2D eigenvalue weighted by Gasteiger charge is 2.19. The van der Waals surface area contributed by atoms with Crippen LogP contribution in [-0.4, -0.2) is 30.5 Å². The summed E-state index contributed by atoms with van der Waals surface area (Å²) in [5.74, 6) is -2.24. The molecule has 0 saturated heterocycles. The van der Waals surface area contributed by atoms with Crippen molar-refractivity contribution < 1.29 is 23.9 Å². The third kappa shape index (κ3) is 6.64. The summed E-state index contributed by atoms with van der Waals surface area (Å²) in [7, 11) is 0. The predicted molar refractivity (Wildman–Crippen MR) is 73.6 cm³/mol. The van der Waals surface area contributed by atoms with Gasteiger partial charge in [0.2, 0.25) is 0 Å². The van der Waals surface area contributed by atoms with Crippen molar-refractivity contribution in [1.29, 1.82) is 0 Å². The van der Waals surface area contributed by atoms with Gasteiger partial charge in [-0.25, -0.2) is 4.79 Å². The molecule has 0 amide bonds. The molecule has 21 heavy (non-hydrogen) atoms. The van der Waals surface area contributed by atoms with Gasteiger partial charge in [0, 0.05) is 6.42 Å². The van der Waals surface area contributed by atoms with Gasteiger partial charge in [-0.15, -0.1) is 0 Å². The quantitative estimate of drug-likeness (QED) is 0.530. The van der Waals surface area contributed by atoms with Gasteiger partial charge in [0.25, 0.3) is 0 Å². The van der Waals surface area contributed by atoms with Crippen LogP contribution in [0.2, 0.25) is 0 Å². The van der Waals surface area contributed by atoms with E-state index >= 15 is 0 Å². The summed E-state index contributed by atoms with van der Waals surface area (Å²) in [6, 6.07) is 8.12. The summed E-state index contributed by atoms with van der Waals surface area (Å²) in [4.78, 5) is 33.6. The van der Waals surface area contributed by atoms with E-state index < -0.39 is 30.5 Å². The summed E-state index contributed by atoms with van der Waals surface area (Å²) in [6.07, 6.45) is -0.00970. The number of hydrogen-bond donors (Lipinski definition) is 2. The molecule has 0 aliphatic heterocycles. The third-order valence-corrected chi connectivity index (χ3v) is 2.59. The highest BCUT2D eigenvalue weighted by molar-refractivity contribution is 5.89.